The minimum atomic E-state index is -0.179. The van der Waals surface area contributed by atoms with Crippen molar-refractivity contribution in [2.45, 2.75) is 24.0 Å². The molecule has 0 nitrogen and oxygen atoms in total. The normalized spacial score (nSPS) is 12.4. The summed E-state index contributed by atoms with van der Waals surface area (Å²) in [7, 11) is 0. The van der Waals surface area contributed by atoms with Crippen LogP contribution in [0.25, 0.3) is 0 Å². The van der Waals surface area contributed by atoms with Crippen molar-refractivity contribution in [3.8, 4) is 0 Å². The van der Waals surface area contributed by atoms with Crippen LogP contribution in [-0.2, 0) is 0 Å². The van der Waals surface area contributed by atoms with E-state index in [0.29, 0.717) is 5.25 Å². The van der Waals surface area contributed by atoms with Gasteiger partial charge in [-0.3, -0.25) is 0 Å². The first-order chi connectivity index (χ1) is 8.15. The van der Waals surface area contributed by atoms with E-state index in [1.54, 1.807) is 11.8 Å². The molecule has 1 unspecified atom stereocenters. The fourth-order valence-corrected chi connectivity index (χ4v) is 2.62. The van der Waals surface area contributed by atoms with E-state index < -0.39 is 0 Å². The molecule has 0 amide bonds. The van der Waals surface area contributed by atoms with Gasteiger partial charge in [-0.2, -0.15) is 0 Å². The minimum Gasteiger partial charge on any atom is -0.207 e. The monoisotopic (exact) mass is 246 g/mol. The zero-order chi connectivity index (χ0) is 12.3. The smallest absolute Gasteiger partial charge is 0.123 e. The molecule has 1 atom stereocenters. The van der Waals surface area contributed by atoms with Gasteiger partial charge in [-0.1, -0.05) is 29.8 Å². The molecule has 0 bridgehead atoms. The van der Waals surface area contributed by atoms with Crippen molar-refractivity contribution in [1.29, 1.82) is 0 Å². The Morgan fingerprint density at radius 1 is 0.941 bits per heavy atom. The number of benzene rings is 2. The number of thioether (sulfide) groups is 1. The van der Waals surface area contributed by atoms with Crippen LogP contribution in [0.3, 0.4) is 0 Å². The zero-order valence-corrected chi connectivity index (χ0v) is 10.8. The molecule has 0 spiro atoms. The lowest BCUT2D eigenvalue weighted by molar-refractivity contribution is 0.627. The lowest BCUT2D eigenvalue weighted by Gasteiger charge is -2.11. The lowest BCUT2D eigenvalue weighted by Crippen LogP contribution is -1.88. The van der Waals surface area contributed by atoms with Crippen LogP contribution in [0, 0.1) is 12.7 Å². The lowest BCUT2D eigenvalue weighted by atomic mass is 10.2. The largest absolute Gasteiger partial charge is 0.207 e. The van der Waals surface area contributed by atoms with Crippen LogP contribution >= 0.6 is 11.8 Å². The van der Waals surface area contributed by atoms with Crippen molar-refractivity contribution in [1.82, 2.24) is 0 Å². The zero-order valence-electron chi connectivity index (χ0n) is 9.98. The van der Waals surface area contributed by atoms with Crippen molar-refractivity contribution in [3.63, 3.8) is 0 Å². The highest BCUT2D eigenvalue weighted by atomic mass is 32.2. The highest BCUT2D eigenvalue weighted by molar-refractivity contribution is 7.99. The van der Waals surface area contributed by atoms with Gasteiger partial charge >= 0.3 is 0 Å². The Kier molecular flexibility index (Phi) is 3.85. The van der Waals surface area contributed by atoms with Crippen LogP contribution in [0.15, 0.2) is 53.4 Å². The van der Waals surface area contributed by atoms with Crippen LogP contribution < -0.4 is 0 Å². The molecule has 2 rings (SSSR count). The van der Waals surface area contributed by atoms with E-state index >= 15 is 0 Å². The molecule has 2 aromatic rings. The molecule has 0 radical (unpaired) electrons. The summed E-state index contributed by atoms with van der Waals surface area (Å²) in [5.41, 5.74) is 2.42. The number of halogens is 1. The SMILES string of the molecule is Cc1ccc(SC(C)c2ccc(F)cc2)cc1. The highest BCUT2D eigenvalue weighted by Crippen LogP contribution is 2.34. The molecule has 0 aliphatic rings. The summed E-state index contributed by atoms with van der Waals surface area (Å²) in [6.07, 6.45) is 0. The Morgan fingerprint density at radius 3 is 2.12 bits per heavy atom. The van der Waals surface area contributed by atoms with Gasteiger partial charge in [-0.05, 0) is 43.7 Å². The quantitative estimate of drug-likeness (QED) is 0.688. The number of rotatable bonds is 3. The van der Waals surface area contributed by atoms with Crippen LogP contribution in [0.4, 0.5) is 4.39 Å². The summed E-state index contributed by atoms with van der Waals surface area (Å²) in [6, 6.07) is 15.2. The van der Waals surface area contributed by atoms with Crippen LogP contribution in [0.2, 0.25) is 0 Å². The van der Waals surface area contributed by atoms with E-state index in [2.05, 4.69) is 38.1 Å². The van der Waals surface area contributed by atoms with Crippen molar-refractivity contribution in [2.75, 3.05) is 0 Å². The fourth-order valence-electron chi connectivity index (χ4n) is 1.62. The molecule has 0 saturated heterocycles. The van der Waals surface area contributed by atoms with Crippen molar-refractivity contribution in [2.24, 2.45) is 0 Å². The summed E-state index contributed by atoms with van der Waals surface area (Å²) in [5.74, 6) is -0.179. The van der Waals surface area contributed by atoms with E-state index in [1.165, 1.54) is 22.6 Å². The second kappa shape index (κ2) is 5.37. The molecule has 2 heteroatoms. The van der Waals surface area contributed by atoms with Crippen LogP contribution in [0.5, 0.6) is 0 Å². The molecular weight excluding hydrogens is 231 g/mol. The Bertz CT molecular complexity index is 473. The average molecular weight is 246 g/mol. The standard InChI is InChI=1S/C15H15FS/c1-11-3-9-15(10-4-11)17-12(2)13-5-7-14(16)8-6-13/h3-10,12H,1-2H3. The topological polar surface area (TPSA) is 0 Å². The predicted octanol–water partition coefficient (Wildman–Crippen LogP) is 4.99. The van der Waals surface area contributed by atoms with Gasteiger partial charge < -0.3 is 0 Å². The first-order valence-corrected chi connectivity index (χ1v) is 6.52. The number of aryl methyl sites for hydroxylation is 1. The van der Waals surface area contributed by atoms with Gasteiger partial charge in [0.15, 0.2) is 0 Å². The molecule has 0 N–H and O–H groups in total. The summed E-state index contributed by atoms with van der Waals surface area (Å²) >= 11 is 1.79. The molecule has 0 heterocycles. The van der Waals surface area contributed by atoms with Crippen molar-refractivity contribution < 1.29 is 4.39 Å². The van der Waals surface area contributed by atoms with Gasteiger partial charge in [-0.25, -0.2) is 4.39 Å². The maximum absolute atomic E-state index is 12.8. The van der Waals surface area contributed by atoms with E-state index in [0.717, 1.165) is 5.56 Å². The second-order valence-corrected chi connectivity index (χ2v) is 5.54. The molecule has 0 aliphatic carbocycles. The minimum absolute atomic E-state index is 0.179. The maximum Gasteiger partial charge on any atom is 0.123 e. The van der Waals surface area contributed by atoms with E-state index in [9.17, 15) is 4.39 Å². The molecule has 0 fully saturated rings. The van der Waals surface area contributed by atoms with Gasteiger partial charge in [0, 0.05) is 10.1 Å². The summed E-state index contributed by atoms with van der Waals surface area (Å²) in [4.78, 5) is 1.24. The van der Waals surface area contributed by atoms with Crippen LogP contribution in [-0.4, -0.2) is 0 Å². The third-order valence-electron chi connectivity index (χ3n) is 2.67. The predicted molar refractivity (Wildman–Crippen MR) is 71.9 cm³/mol. The molecule has 2 aromatic carbocycles. The average Bonchev–Trinajstić information content (AvgIpc) is 2.33. The second-order valence-electron chi connectivity index (χ2n) is 4.12. The first-order valence-electron chi connectivity index (χ1n) is 5.64. The van der Waals surface area contributed by atoms with E-state index in [1.807, 2.05) is 12.1 Å². The number of hydrogen-bond acceptors (Lipinski definition) is 1. The van der Waals surface area contributed by atoms with Crippen molar-refractivity contribution >= 4 is 11.8 Å². The molecule has 17 heavy (non-hydrogen) atoms. The number of hydrogen-bond donors (Lipinski definition) is 0. The summed E-state index contributed by atoms with van der Waals surface area (Å²) in [6.45, 7) is 4.22. The van der Waals surface area contributed by atoms with Gasteiger partial charge in [0.2, 0.25) is 0 Å². The maximum atomic E-state index is 12.8. The van der Waals surface area contributed by atoms with Gasteiger partial charge in [0.05, 0.1) is 0 Å². The van der Waals surface area contributed by atoms with Gasteiger partial charge in [-0.15, -0.1) is 11.8 Å². The Labute approximate surface area is 106 Å². The summed E-state index contributed by atoms with van der Waals surface area (Å²) < 4.78 is 12.8. The third kappa shape index (κ3) is 3.34. The van der Waals surface area contributed by atoms with E-state index in [4.69, 9.17) is 0 Å². The van der Waals surface area contributed by atoms with Gasteiger partial charge in [0.25, 0.3) is 0 Å². The molecule has 0 saturated carbocycles. The Morgan fingerprint density at radius 2 is 1.53 bits per heavy atom. The molecule has 0 aromatic heterocycles. The van der Waals surface area contributed by atoms with E-state index in [-0.39, 0.29) is 5.82 Å². The molecular formula is C15H15FS. The highest BCUT2D eigenvalue weighted by Gasteiger charge is 2.07. The molecule has 0 aliphatic heterocycles. The Balaban J connectivity index is 2.08. The fraction of sp³-hybridized carbons (Fsp3) is 0.200. The van der Waals surface area contributed by atoms with Crippen molar-refractivity contribution in [3.05, 3.63) is 65.5 Å². The van der Waals surface area contributed by atoms with Crippen LogP contribution in [0.1, 0.15) is 23.3 Å². The first kappa shape index (κ1) is 12.2. The third-order valence-corrected chi connectivity index (χ3v) is 3.84. The molecule has 88 valence electrons. The summed E-state index contributed by atoms with van der Waals surface area (Å²) in [5, 5.41) is 0.332. The van der Waals surface area contributed by atoms with Gasteiger partial charge in [0.1, 0.15) is 5.82 Å². The Hall–Kier alpha value is -1.28.